The maximum atomic E-state index is 14.0. The van der Waals surface area contributed by atoms with Crippen molar-refractivity contribution in [1.29, 1.82) is 0 Å². The zero-order valence-corrected chi connectivity index (χ0v) is 13.8. The van der Waals surface area contributed by atoms with Crippen LogP contribution >= 0.6 is 11.6 Å². The first kappa shape index (κ1) is 16.0. The zero-order valence-electron chi connectivity index (χ0n) is 13.0. The van der Waals surface area contributed by atoms with Crippen LogP contribution in [0, 0.1) is 11.7 Å². The third-order valence-corrected chi connectivity index (χ3v) is 4.01. The van der Waals surface area contributed by atoms with Gasteiger partial charge in [0.25, 0.3) is 0 Å². The van der Waals surface area contributed by atoms with Crippen molar-refractivity contribution in [1.82, 2.24) is 9.78 Å². The standard InChI is InChI=1S/C18H18ClFN2O/c1-11(2)10-22-17-6-3-12(7-13(17)9-21-22)18(23)15-5-4-14(19)8-16(15)20/h3-9,11,18,23H,10H2,1-2H3/t18-/m1/s1. The van der Waals surface area contributed by atoms with Gasteiger partial charge < -0.3 is 5.11 Å². The number of halogens is 2. The molecule has 2 aromatic carbocycles. The third kappa shape index (κ3) is 3.23. The number of aliphatic hydroxyl groups excluding tert-OH is 1. The number of aromatic nitrogens is 2. The van der Waals surface area contributed by atoms with Gasteiger partial charge in [0.15, 0.2) is 0 Å². The Bertz CT molecular complexity index is 844. The molecule has 0 aliphatic rings. The topological polar surface area (TPSA) is 38.0 Å². The summed E-state index contributed by atoms with van der Waals surface area (Å²) >= 11 is 5.76. The van der Waals surface area contributed by atoms with E-state index >= 15 is 0 Å². The van der Waals surface area contributed by atoms with Crippen molar-refractivity contribution in [3.05, 3.63) is 64.6 Å². The SMILES string of the molecule is CC(C)Cn1ncc2cc([C@@H](O)c3ccc(Cl)cc3F)ccc21. The molecule has 1 heterocycles. The number of hydrogen-bond acceptors (Lipinski definition) is 2. The average molecular weight is 333 g/mol. The van der Waals surface area contributed by atoms with E-state index in [1.165, 1.54) is 12.1 Å². The predicted molar refractivity (Wildman–Crippen MR) is 90.0 cm³/mol. The van der Waals surface area contributed by atoms with Gasteiger partial charge in [-0.3, -0.25) is 4.68 Å². The Morgan fingerprint density at radius 3 is 2.70 bits per heavy atom. The molecule has 5 heteroatoms. The Labute approximate surface area is 139 Å². The van der Waals surface area contributed by atoms with E-state index < -0.39 is 11.9 Å². The molecule has 0 fully saturated rings. The predicted octanol–water partition coefficient (Wildman–Crippen LogP) is 4.57. The monoisotopic (exact) mass is 332 g/mol. The molecule has 1 atom stereocenters. The first-order valence-corrected chi connectivity index (χ1v) is 7.92. The summed E-state index contributed by atoms with van der Waals surface area (Å²) in [6, 6.07) is 9.85. The molecule has 120 valence electrons. The summed E-state index contributed by atoms with van der Waals surface area (Å²) in [7, 11) is 0. The lowest BCUT2D eigenvalue weighted by Gasteiger charge is -2.13. The number of rotatable bonds is 4. The largest absolute Gasteiger partial charge is 0.384 e. The number of benzene rings is 2. The highest BCUT2D eigenvalue weighted by atomic mass is 35.5. The average Bonchev–Trinajstić information content (AvgIpc) is 2.88. The van der Waals surface area contributed by atoms with Crippen LogP contribution in [0.5, 0.6) is 0 Å². The molecular weight excluding hydrogens is 315 g/mol. The Morgan fingerprint density at radius 2 is 2.00 bits per heavy atom. The molecule has 1 N–H and O–H groups in total. The second kappa shape index (κ2) is 6.30. The molecule has 0 saturated heterocycles. The van der Waals surface area contributed by atoms with E-state index in [9.17, 15) is 9.50 Å². The van der Waals surface area contributed by atoms with E-state index in [0.717, 1.165) is 17.4 Å². The lowest BCUT2D eigenvalue weighted by atomic mass is 10.00. The lowest BCUT2D eigenvalue weighted by molar-refractivity contribution is 0.215. The molecule has 3 aromatic rings. The van der Waals surface area contributed by atoms with E-state index in [0.29, 0.717) is 16.5 Å². The van der Waals surface area contributed by atoms with Crippen LogP contribution in [0.1, 0.15) is 31.1 Å². The molecule has 0 spiro atoms. The van der Waals surface area contributed by atoms with Crippen LogP contribution in [0.25, 0.3) is 10.9 Å². The van der Waals surface area contributed by atoms with Crippen molar-refractivity contribution in [2.75, 3.05) is 0 Å². The lowest BCUT2D eigenvalue weighted by Crippen LogP contribution is -2.06. The van der Waals surface area contributed by atoms with Crippen molar-refractivity contribution in [3.63, 3.8) is 0 Å². The first-order valence-electron chi connectivity index (χ1n) is 7.54. The summed E-state index contributed by atoms with van der Waals surface area (Å²) in [5.41, 5.74) is 1.84. The molecular formula is C18H18ClFN2O. The summed E-state index contributed by atoms with van der Waals surface area (Å²) in [6.07, 6.45) is 0.733. The van der Waals surface area contributed by atoms with Crippen LogP contribution in [0.2, 0.25) is 5.02 Å². The quantitative estimate of drug-likeness (QED) is 0.760. The van der Waals surface area contributed by atoms with Gasteiger partial charge in [0, 0.05) is 22.5 Å². The number of aliphatic hydroxyl groups is 1. The Morgan fingerprint density at radius 1 is 1.22 bits per heavy atom. The molecule has 0 unspecified atom stereocenters. The Balaban J connectivity index is 1.97. The van der Waals surface area contributed by atoms with Crippen LogP contribution in [0.4, 0.5) is 4.39 Å². The highest BCUT2D eigenvalue weighted by molar-refractivity contribution is 6.30. The minimum atomic E-state index is -1.04. The second-order valence-corrected chi connectivity index (χ2v) is 6.54. The van der Waals surface area contributed by atoms with Gasteiger partial charge in [-0.05, 0) is 35.7 Å². The van der Waals surface area contributed by atoms with Crippen molar-refractivity contribution in [2.45, 2.75) is 26.5 Å². The first-order chi connectivity index (χ1) is 11.0. The minimum Gasteiger partial charge on any atom is -0.384 e. The molecule has 3 rings (SSSR count). The summed E-state index contributed by atoms with van der Waals surface area (Å²) in [5, 5.41) is 16.1. The van der Waals surface area contributed by atoms with Gasteiger partial charge in [0.2, 0.25) is 0 Å². The summed E-state index contributed by atoms with van der Waals surface area (Å²) < 4.78 is 15.9. The molecule has 0 saturated carbocycles. The molecule has 0 bridgehead atoms. The van der Waals surface area contributed by atoms with Crippen molar-refractivity contribution in [2.24, 2.45) is 5.92 Å². The Kier molecular flexibility index (Phi) is 4.37. The molecule has 1 aromatic heterocycles. The highest BCUT2D eigenvalue weighted by Crippen LogP contribution is 2.28. The minimum absolute atomic E-state index is 0.211. The van der Waals surface area contributed by atoms with Crippen LogP contribution in [-0.2, 0) is 6.54 Å². The molecule has 3 nitrogen and oxygen atoms in total. The van der Waals surface area contributed by atoms with E-state index in [1.807, 2.05) is 16.8 Å². The molecule has 0 aliphatic carbocycles. The van der Waals surface area contributed by atoms with Gasteiger partial charge in [-0.2, -0.15) is 5.10 Å². The van der Waals surface area contributed by atoms with Gasteiger partial charge in [-0.25, -0.2) is 4.39 Å². The third-order valence-electron chi connectivity index (χ3n) is 3.78. The van der Waals surface area contributed by atoms with Gasteiger partial charge >= 0.3 is 0 Å². The van der Waals surface area contributed by atoms with Crippen molar-refractivity contribution < 1.29 is 9.50 Å². The second-order valence-electron chi connectivity index (χ2n) is 6.11. The fourth-order valence-corrected chi connectivity index (χ4v) is 2.83. The Hall–Kier alpha value is -1.91. The molecule has 23 heavy (non-hydrogen) atoms. The number of nitrogens with zero attached hydrogens (tertiary/aromatic N) is 2. The zero-order chi connectivity index (χ0) is 16.6. The molecule has 0 amide bonds. The van der Waals surface area contributed by atoms with Gasteiger partial charge in [-0.15, -0.1) is 0 Å². The smallest absolute Gasteiger partial charge is 0.130 e. The van der Waals surface area contributed by atoms with Crippen LogP contribution in [0.15, 0.2) is 42.6 Å². The van der Waals surface area contributed by atoms with Crippen molar-refractivity contribution in [3.8, 4) is 0 Å². The van der Waals surface area contributed by atoms with E-state index in [1.54, 1.807) is 18.3 Å². The van der Waals surface area contributed by atoms with E-state index in [2.05, 4.69) is 18.9 Å². The summed E-state index contributed by atoms with van der Waals surface area (Å²) in [6.45, 7) is 5.10. The fraction of sp³-hybridized carbons (Fsp3) is 0.278. The summed E-state index contributed by atoms with van der Waals surface area (Å²) in [5.74, 6) is -0.0212. The van der Waals surface area contributed by atoms with E-state index in [-0.39, 0.29) is 5.56 Å². The van der Waals surface area contributed by atoms with Crippen LogP contribution in [0.3, 0.4) is 0 Å². The van der Waals surface area contributed by atoms with Crippen LogP contribution < -0.4 is 0 Å². The van der Waals surface area contributed by atoms with Crippen LogP contribution in [-0.4, -0.2) is 14.9 Å². The maximum absolute atomic E-state index is 14.0. The summed E-state index contributed by atoms with van der Waals surface area (Å²) in [4.78, 5) is 0. The maximum Gasteiger partial charge on any atom is 0.130 e. The van der Waals surface area contributed by atoms with Crippen molar-refractivity contribution >= 4 is 22.5 Å². The van der Waals surface area contributed by atoms with Gasteiger partial charge in [0.1, 0.15) is 11.9 Å². The van der Waals surface area contributed by atoms with Gasteiger partial charge in [0.05, 0.1) is 11.7 Å². The molecule has 0 aliphatic heterocycles. The number of hydrogen-bond donors (Lipinski definition) is 1. The van der Waals surface area contributed by atoms with Gasteiger partial charge in [-0.1, -0.05) is 37.6 Å². The number of fused-ring (bicyclic) bond motifs is 1. The normalized spacial score (nSPS) is 13.0. The fourth-order valence-electron chi connectivity index (χ4n) is 2.67. The van der Waals surface area contributed by atoms with E-state index in [4.69, 9.17) is 11.6 Å². The highest BCUT2D eigenvalue weighted by Gasteiger charge is 2.16. The molecule has 0 radical (unpaired) electrons.